The SMILES string of the molecule is CC(C)NC(=O)N1CC2(CCN(S(=O)(=O)c3ccccc3)CC2)C1.O=C(Nc1cccc(F)c1)N1CC2(CCN(S(=O)(=O)c3ccccc3)CC2)C1. The number of urea groups is 2. The van der Waals surface area contributed by atoms with Gasteiger partial charge in [-0.05, 0) is 82.0 Å². The lowest BCUT2D eigenvalue weighted by Gasteiger charge is -2.53. The van der Waals surface area contributed by atoms with E-state index in [2.05, 4.69) is 10.6 Å². The Kier molecular flexibility index (Phi) is 11.0. The lowest BCUT2D eigenvalue weighted by Crippen LogP contribution is -2.64. The molecular formula is C37H47FN6O6S2. The zero-order chi connectivity index (χ0) is 37.1. The fourth-order valence-electron chi connectivity index (χ4n) is 7.44. The van der Waals surface area contributed by atoms with E-state index in [1.165, 1.54) is 16.4 Å². The summed E-state index contributed by atoms with van der Waals surface area (Å²) in [7, 11) is -6.87. The molecule has 7 rings (SSSR count). The van der Waals surface area contributed by atoms with Crippen LogP contribution in [0.3, 0.4) is 0 Å². The third kappa shape index (κ3) is 8.27. The number of nitrogens with one attached hydrogen (secondary N) is 2. The number of rotatable bonds is 6. The van der Waals surface area contributed by atoms with Crippen LogP contribution < -0.4 is 10.6 Å². The summed E-state index contributed by atoms with van der Waals surface area (Å²) in [6, 6.07) is 22.7. The number of piperidine rings is 2. The first kappa shape index (κ1) is 37.7. The molecule has 15 heteroatoms. The van der Waals surface area contributed by atoms with E-state index in [-0.39, 0.29) is 28.9 Å². The van der Waals surface area contributed by atoms with Gasteiger partial charge in [0.1, 0.15) is 5.82 Å². The maximum Gasteiger partial charge on any atom is 0.321 e. The van der Waals surface area contributed by atoms with Gasteiger partial charge >= 0.3 is 12.1 Å². The summed E-state index contributed by atoms with van der Waals surface area (Å²) in [4.78, 5) is 28.5. The molecule has 12 nitrogen and oxygen atoms in total. The topological polar surface area (TPSA) is 139 Å². The van der Waals surface area contributed by atoms with E-state index < -0.39 is 25.9 Å². The van der Waals surface area contributed by atoms with Gasteiger partial charge in [-0.2, -0.15) is 8.61 Å². The number of halogens is 1. The lowest BCUT2D eigenvalue weighted by atomic mass is 9.72. The molecule has 2 N–H and O–H groups in total. The van der Waals surface area contributed by atoms with Gasteiger partial charge in [-0.15, -0.1) is 0 Å². The van der Waals surface area contributed by atoms with Crippen LogP contribution in [-0.4, -0.2) is 106 Å². The fourth-order valence-corrected chi connectivity index (χ4v) is 10.4. The molecule has 3 aromatic carbocycles. The first-order valence-corrected chi connectivity index (χ1v) is 20.6. The van der Waals surface area contributed by atoms with Crippen LogP contribution in [0.15, 0.2) is 94.7 Å². The number of anilines is 1. The average molecular weight is 755 g/mol. The van der Waals surface area contributed by atoms with Gasteiger partial charge in [0.25, 0.3) is 0 Å². The minimum absolute atomic E-state index is 0.0186. The van der Waals surface area contributed by atoms with Crippen LogP contribution in [0.4, 0.5) is 19.7 Å². The zero-order valence-corrected chi connectivity index (χ0v) is 31.2. The number of nitrogens with zero attached hydrogens (tertiary/aromatic N) is 4. The van der Waals surface area contributed by atoms with Crippen LogP contribution in [0.2, 0.25) is 0 Å². The Balaban J connectivity index is 0.000000181. The quantitative estimate of drug-likeness (QED) is 0.362. The standard InChI is InChI=1S/C20H22FN3O3S.C17H25N3O3S/c21-16-5-4-6-17(13-16)22-19(25)23-14-20(15-23)9-11-24(12-10-20)28(26,27)18-7-2-1-3-8-18;1-14(2)18-16(21)19-12-17(13-19)8-10-20(11-9-17)24(22,23)15-6-4-3-5-7-15/h1-8,13H,9-12,14-15H2,(H,22,25);3-7,14H,8-13H2,1-2H3,(H,18,21). The Morgan fingerprint density at radius 2 is 1.06 bits per heavy atom. The number of amides is 4. The molecule has 0 bridgehead atoms. The van der Waals surface area contributed by atoms with Crippen LogP contribution in [0.1, 0.15) is 39.5 Å². The van der Waals surface area contributed by atoms with Crippen LogP contribution >= 0.6 is 0 Å². The summed E-state index contributed by atoms with van der Waals surface area (Å²) in [5.74, 6) is -0.398. The molecule has 3 aromatic rings. The molecule has 0 unspecified atom stereocenters. The summed E-state index contributed by atoms with van der Waals surface area (Å²) in [6.45, 7) is 8.48. The van der Waals surface area contributed by atoms with Crippen LogP contribution in [0.25, 0.3) is 0 Å². The van der Waals surface area contributed by atoms with E-state index in [9.17, 15) is 30.8 Å². The van der Waals surface area contributed by atoms with E-state index in [1.807, 2.05) is 24.8 Å². The molecule has 4 aliphatic heterocycles. The monoisotopic (exact) mass is 754 g/mol. The molecular weight excluding hydrogens is 708 g/mol. The highest BCUT2D eigenvalue weighted by molar-refractivity contribution is 7.89. The highest BCUT2D eigenvalue weighted by atomic mass is 32.2. The highest BCUT2D eigenvalue weighted by Crippen LogP contribution is 2.43. The number of hydrogen-bond donors (Lipinski definition) is 2. The zero-order valence-electron chi connectivity index (χ0n) is 29.6. The second-order valence-electron chi connectivity index (χ2n) is 14.7. The smallest absolute Gasteiger partial charge is 0.321 e. The third-order valence-corrected chi connectivity index (χ3v) is 14.3. The van der Waals surface area contributed by atoms with E-state index >= 15 is 0 Å². The Morgan fingerprint density at radius 1 is 0.635 bits per heavy atom. The molecule has 0 atom stereocenters. The van der Waals surface area contributed by atoms with E-state index in [4.69, 9.17) is 0 Å². The van der Waals surface area contributed by atoms with Crippen molar-refractivity contribution < 1.29 is 30.8 Å². The van der Waals surface area contributed by atoms with Crippen LogP contribution in [-0.2, 0) is 20.0 Å². The fraction of sp³-hybridized carbons (Fsp3) is 0.459. The minimum atomic E-state index is -3.47. The highest BCUT2D eigenvalue weighted by Gasteiger charge is 2.49. The summed E-state index contributed by atoms with van der Waals surface area (Å²) in [5, 5.41) is 5.60. The molecule has 4 heterocycles. The molecule has 0 aliphatic carbocycles. The van der Waals surface area contributed by atoms with Crippen molar-refractivity contribution >= 4 is 37.8 Å². The number of hydrogen-bond acceptors (Lipinski definition) is 6. The second kappa shape index (κ2) is 15.1. The van der Waals surface area contributed by atoms with Crippen LogP contribution in [0, 0.1) is 16.6 Å². The maximum atomic E-state index is 13.2. The number of carbonyl (C=O) groups excluding carboxylic acids is 2. The molecule has 2 spiro atoms. The van der Waals surface area contributed by atoms with Gasteiger partial charge in [0.15, 0.2) is 0 Å². The second-order valence-corrected chi connectivity index (χ2v) is 18.6. The van der Waals surface area contributed by atoms with Gasteiger partial charge < -0.3 is 20.4 Å². The lowest BCUT2D eigenvalue weighted by molar-refractivity contribution is -0.00746. The third-order valence-electron chi connectivity index (χ3n) is 10.5. The molecule has 52 heavy (non-hydrogen) atoms. The van der Waals surface area contributed by atoms with Gasteiger partial charge in [0.05, 0.1) is 9.79 Å². The first-order valence-electron chi connectivity index (χ1n) is 17.7. The van der Waals surface area contributed by atoms with Crippen molar-refractivity contribution in [3.05, 3.63) is 90.7 Å². The number of carbonyl (C=O) groups is 2. The van der Waals surface area contributed by atoms with Gasteiger partial charge in [0, 0.05) is 74.9 Å². The predicted octanol–water partition coefficient (Wildman–Crippen LogP) is 5.04. The van der Waals surface area contributed by atoms with Crippen molar-refractivity contribution in [2.45, 2.75) is 55.4 Å². The summed E-state index contributed by atoms with van der Waals surface area (Å²) < 4.78 is 67.1. The molecule has 4 aliphatic rings. The summed E-state index contributed by atoms with van der Waals surface area (Å²) in [5.41, 5.74) is 0.494. The summed E-state index contributed by atoms with van der Waals surface area (Å²) in [6.07, 6.45) is 3.07. The van der Waals surface area contributed by atoms with E-state index in [1.54, 1.807) is 75.9 Å². The molecule has 4 amide bonds. The van der Waals surface area contributed by atoms with Gasteiger partial charge in [-0.1, -0.05) is 42.5 Å². The first-order chi connectivity index (χ1) is 24.7. The van der Waals surface area contributed by atoms with Crippen LogP contribution in [0.5, 0.6) is 0 Å². The molecule has 0 saturated carbocycles. The number of benzene rings is 3. The largest absolute Gasteiger partial charge is 0.336 e. The van der Waals surface area contributed by atoms with Gasteiger partial charge in [-0.3, -0.25) is 0 Å². The van der Waals surface area contributed by atoms with E-state index in [0.717, 1.165) is 38.8 Å². The Labute approximate surface area is 306 Å². The number of likely N-dealkylation sites (tertiary alicyclic amines) is 2. The van der Waals surface area contributed by atoms with Crippen molar-refractivity contribution in [2.75, 3.05) is 57.7 Å². The van der Waals surface area contributed by atoms with Crippen molar-refractivity contribution in [1.29, 1.82) is 0 Å². The van der Waals surface area contributed by atoms with Crippen molar-refractivity contribution in [1.82, 2.24) is 23.7 Å². The molecule has 280 valence electrons. The minimum Gasteiger partial charge on any atom is -0.336 e. The Hall–Kier alpha value is -4.05. The van der Waals surface area contributed by atoms with Gasteiger partial charge in [0.2, 0.25) is 20.0 Å². The van der Waals surface area contributed by atoms with Crippen molar-refractivity contribution in [3.63, 3.8) is 0 Å². The normalized spacial score (nSPS) is 20.0. The van der Waals surface area contributed by atoms with Crippen molar-refractivity contribution in [2.24, 2.45) is 10.8 Å². The van der Waals surface area contributed by atoms with Crippen molar-refractivity contribution in [3.8, 4) is 0 Å². The molecule has 4 fully saturated rings. The average Bonchev–Trinajstić information content (AvgIpc) is 3.10. The van der Waals surface area contributed by atoms with E-state index in [0.29, 0.717) is 54.7 Å². The maximum absolute atomic E-state index is 13.2. The Bertz CT molecular complexity index is 1930. The molecule has 0 aromatic heterocycles. The van der Waals surface area contributed by atoms with Gasteiger partial charge in [-0.25, -0.2) is 30.8 Å². The predicted molar refractivity (Wildman–Crippen MR) is 196 cm³/mol. The number of sulfonamides is 2. The Morgan fingerprint density at radius 3 is 1.46 bits per heavy atom. The molecule has 0 radical (unpaired) electrons. The summed E-state index contributed by atoms with van der Waals surface area (Å²) >= 11 is 0. The molecule has 4 saturated heterocycles.